The first-order valence-electron chi connectivity index (χ1n) is 12.5. The summed E-state index contributed by atoms with van der Waals surface area (Å²) in [6.07, 6.45) is 2.85. The third kappa shape index (κ3) is 8.50. The van der Waals surface area contributed by atoms with E-state index < -0.39 is 47.9 Å². The second-order valence-corrected chi connectivity index (χ2v) is 10.2. The second-order valence-electron chi connectivity index (χ2n) is 9.81. The van der Waals surface area contributed by atoms with Gasteiger partial charge in [0.25, 0.3) is 0 Å². The quantitative estimate of drug-likeness (QED) is 0.182. The molecule has 0 fully saturated rings. The fourth-order valence-electron chi connectivity index (χ4n) is 4.03. The van der Waals surface area contributed by atoms with Gasteiger partial charge >= 0.3 is 5.97 Å². The van der Waals surface area contributed by atoms with E-state index >= 15 is 0 Å². The van der Waals surface area contributed by atoms with Gasteiger partial charge in [0, 0.05) is 29.3 Å². The number of H-pyrrole nitrogens is 1. The molecule has 0 aliphatic rings. The lowest BCUT2D eigenvalue weighted by atomic mass is 9.98. The van der Waals surface area contributed by atoms with Crippen molar-refractivity contribution in [2.24, 2.45) is 17.6 Å². The number of carbonyl (C=O) groups excluding carboxylic acids is 3. The number of benzene rings is 1. The maximum atomic E-state index is 13.3. The summed E-state index contributed by atoms with van der Waals surface area (Å²) < 4.78 is 0. The summed E-state index contributed by atoms with van der Waals surface area (Å²) in [6.45, 7) is 7.45. The van der Waals surface area contributed by atoms with Crippen LogP contribution in [-0.4, -0.2) is 63.7 Å². The number of carboxylic acids is 1. The fourth-order valence-corrected chi connectivity index (χ4v) is 4.28. The van der Waals surface area contributed by atoms with Crippen LogP contribution in [0.1, 0.15) is 46.1 Å². The highest BCUT2D eigenvalue weighted by Gasteiger charge is 2.32. The molecule has 2 aromatic rings. The Morgan fingerprint density at radius 2 is 1.62 bits per heavy atom. The maximum absolute atomic E-state index is 13.3. The summed E-state index contributed by atoms with van der Waals surface area (Å²) in [5, 5.41) is 18.4. The van der Waals surface area contributed by atoms with Crippen LogP contribution in [0.5, 0.6) is 0 Å². The van der Waals surface area contributed by atoms with Crippen molar-refractivity contribution in [2.45, 2.75) is 71.1 Å². The molecule has 37 heavy (non-hydrogen) atoms. The first-order chi connectivity index (χ1) is 17.5. The number of fused-ring (bicyclic) bond motifs is 1. The van der Waals surface area contributed by atoms with Crippen LogP contribution in [0.3, 0.4) is 0 Å². The van der Waals surface area contributed by atoms with E-state index in [0.29, 0.717) is 12.8 Å². The lowest BCUT2D eigenvalue weighted by molar-refractivity contribution is -0.143. The molecule has 0 aliphatic heterocycles. The summed E-state index contributed by atoms with van der Waals surface area (Å²) >= 11 is 4.20. The van der Waals surface area contributed by atoms with E-state index in [1.54, 1.807) is 13.1 Å². The minimum absolute atomic E-state index is 0.0159. The van der Waals surface area contributed by atoms with Gasteiger partial charge in [-0.05, 0) is 29.9 Å². The fraction of sp³-hybridized carbons (Fsp3) is 0.538. The molecule has 1 aromatic carbocycles. The van der Waals surface area contributed by atoms with E-state index in [2.05, 4.69) is 33.6 Å². The van der Waals surface area contributed by atoms with Crippen LogP contribution >= 0.6 is 12.6 Å². The molecule has 0 radical (unpaired) electrons. The average molecular weight is 534 g/mol. The molecule has 0 spiro atoms. The van der Waals surface area contributed by atoms with Crippen molar-refractivity contribution < 1.29 is 24.3 Å². The first-order valence-corrected chi connectivity index (χ1v) is 13.2. The Morgan fingerprint density at radius 1 is 1.00 bits per heavy atom. The monoisotopic (exact) mass is 533 g/mol. The molecule has 11 heteroatoms. The Balaban J connectivity index is 2.27. The molecule has 5 atom stereocenters. The molecular formula is C26H39N5O5S. The Labute approximate surface area is 222 Å². The van der Waals surface area contributed by atoms with Gasteiger partial charge in [-0.1, -0.05) is 52.3 Å². The smallest absolute Gasteiger partial charge is 0.326 e. The molecule has 0 saturated heterocycles. The standard InChI is InChI=1S/C26H39N5O5S/c1-5-15(4)22(26(35)36)31-24(33)20(11-16-12-28-19-9-7-6-8-17(16)19)29-25(34)21(13-37)30-23(32)18(27)10-14(2)3/h6-9,12,14-15,18,20-22,28,37H,5,10-11,13,27H2,1-4H3,(H,29,34)(H,30,32)(H,31,33)(H,35,36). The molecule has 5 unspecified atom stereocenters. The molecule has 2 rings (SSSR count). The van der Waals surface area contributed by atoms with Gasteiger partial charge in [-0.3, -0.25) is 14.4 Å². The van der Waals surface area contributed by atoms with Crippen LogP contribution in [0.25, 0.3) is 10.9 Å². The number of thiol groups is 1. The van der Waals surface area contributed by atoms with Crippen LogP contribution in [0, 0.1) is 11.8 Å². The highest BCUT2D eigenvalue weighted by atomic mass is 32.1. The van der Waals surface area contributed by atoms with Gasteiger partial charge in [-0.2, -0.15) is 12.6 Å². The number of carboxylic acid groups (broad SMARTS) is 1. The van der Waals surface area contributed by atoms with Crippen molar-refractivity contribution in [3.63, 3.8) is 0 Å². The van der Waals surface area contributed by atoms with Crippen molar-refractivity contribution >= 4 is 47.2 Å². The predicted molar refractivity (Wildman–Crippen MR) is 146 cm³/mol. The van der Waals surface area contributed by atoms with E-state index in [9.17, 15) is 24.3 Å². The summed E-state index contributed by atoms with van der Waals surface area (Å²) in [4.78, 5) is 53.9. The zero-order valence-electron chi connectivity index (χ0n) is 21.8. The predicted octanol–water partition coefficient (Wildman–Crippen LogP) is 1.60. The topological polar surface area (TPSA) is 166 Å². The van der Waals surface area contributed by atoms with Gasteiger partial charge in [0.05, 0.1) is 6.04 Å². The van der Waals surface area contributed by atoms with Gasteiger partial charge in [0.2, 0.25) is 17.7 Å². The molecule has 7 N–H and O–H groups in total. The minimum atomic E-state index is -1.15. The summed E-state index contributed by atoms with van der Waals surface area (Å²) in [7, 11) is 0. The van der Waals surface area contributed by atoms with Crippen LogP contribution in [0.2, 0.25) is 0 Å². The van der Waals surface area contributed by atoms with Gasteiger partial charge in [-0.15, -0.1) is 0 Å². The lowest BCUT2D eigenvalue weighted by Crippen LogP contribution is -2.58. The molecule has 0 bridgehead atoms. The second kappa shape index (κ2) is 14.0. The number of amides is 3. The number of aromatic nitrogens is 1. The maximum Gasteiger partial charge on any atom is 0.326 e. The number of nitrogens with two attached hydrogens (primary N) is 1. The summed E-state index contributed by atoms with van der Waals surface area (Å²) in [6, 6.07) is 3.50. The number of aliphatic carboxylic acids is 1. The van der Waals surface area contributed by atoms with Gasteiger partial charge in [0.15, 0.2) is 0 Å². The van der Waals surface area contributed by atoms with Crippen LogP contribution < -0.4 is 21.7 Å². The highest BCUT2D eigenvalue weighted by Crippen LogP contribution is 2.19. The molecule has 204 valence electrons. The zero-order chi connectivity index (χ0) is 27.7. The van der Waals surface area contributed by atoms with Crippen molar-refractivity contribution in [1.82, 2.24) is 20.9 Å². The number of para-hydroxylation sites is 1. The zero-order valence-corrected chi connectivity index (χ0v) is 22.7. The largest absolute Gasteiger partial charge is 0.480 e. The number of hydrogen-bond acceptors (Lipinski definition) is 6. The summed E-state index contributed by atoms with van der Waals surface area (Å²) in [5.74, 6) is -3.03. The molecule has 1 aromatic heterocycles. The molecule has 1 heterocycles. The van der Waals surface area contributed by atoms with E-state index in [4.69, 9.17) is 5.73 Å². The van der Waals surface area contributed by atoms with Gasteiger partial charge in [-0.25, -0.2) is 4.79 Å². The SMILES string of the molecule is CCC(C)C(NC(=O)C(Cc1c[nH]c2ccccc12)NC(=O)C(CS)NC(=O)C(N)CC(C)C)C(=O)O. The Kier molecular flexibility index (Phi) is 11.4. The number of rotatable bonds is 14. The van der Waals surface area contributed by atoms with Crippen molar-refractivity contribution in [2.75, 3.05) is 5.75 Å². The summed E-state index contributed by atoms with van der Waals surface area (Å²) in [5.41, 5.74) is 7.59. The average Bonchev–Trinajstić information content (AvgIpc) is 3.26. The third-order valence-corrected chi connectivity index (χ3v) is 6.75. The number of aromatic amines is 1. The van der Waals surface area contributed by atoms with Crippen LogP contribution in [0.15, 0.2) is 30.5 Å². The Bertz CT molecular complexity index is 1090. The normalized spacial score (nSPS) is 15.4. The van der Waals surface area contributed by atoms with E-state index in [0.717, 1.165) is 16.5 Å². The van der Waals surface area contributed by atoms with E-state index in [1.807, 2.05) is 45.0 Å². The van der Waals surface area contributed by atoms with Crippen LogP contribution in [-0.2, 0) is 25.6 Å². The molecular weight excluding hydrogens is 494 g/mol. The van der Waals surface area contributed by atoms with Crippen molar-refractivity contribution in [1.29, 1.82) is 0 Å². The molecule has 10 nitrogen and oxygen atoms in total. The number of hydrogen-bond donors (Lipinski definition) is 7. The van der Waals surface area contributed by atoms with Crippen LogP contribution in [0.4, 0.5) is 0 Å². The van der Waals surface area contributed by atoms with Gasteiger partial charge in [0.1, 0.15) is 18.1 Å². The van der Waals surface area contributed by atoms with Crippen molar-refractivity contribution in [3.8, 4) is 0 Å². The van der Waals surface area contributed by atoms with E-state index in [1.165, 1.54) is 0 Å². The minimum Gasteiger partial charge on any atom is -0.480 e. The molecule has 0 saturated carbocycles. The molecule has 3 amide bonds. The number of carbonyl (C=O) groups is 4. The highest BCUT2D eigenvalue weighted by molar-refractivity contribution is 7.80. The Hall–Kier alpha value is -3.05. The Morgan fingerprint density at radius 3 is 2.22 bits per heavy atom. The number of nitrogens with one attached hydrogen (secondary N) is 4. The van der Waals surface area contributed by atoms with Gasteiger partial charge < -0.3 is 31.8 Å². The van der Waals surface area contributed by atoms with Crippen molar-refractivity contribution in [3.05, 3.63) is 36.0 Å². The van der Waals surface area contributed by atoms with E-state index in [-0.39, 0.29) is 24.0 Å². The third-order valence-electron chi connectivity index (χ3n) is 6.39. The lowest BCUT2D eigenvalue weighted by Gasteiger charge is -2.26. The first kappa shape index (κ1) is 30.2. The molecule has 0 aliphatic carbocycles.